The van der Waals surface area contributed by atoms with Crippen LogP contribution >= 0.6 is 22.7 Å². The Morgan fingerprint density at radius 1 is 1.07 bits per heavy atom. The summed E-state index contributed by atoms with van der Waals surface area (Å²) in [6.45, 7) is 0.646. The number of aromatic nitrogens is 3. The number of urea groups is 1. The number of amides is 2. The SMILES string of the molecule is O=C(Nc1ccc(F)c(F)c1)Nc1ncc(CCNc2ncnc3ccsc23)s1. The van der Waals surface area contributed by atoms with E-state index in [-0.39, 0.29) is 5.69 Å². The summed E-state index contributed by atoms with van der Waals surface area (Å²) in [5.74, 6) is -1.22. The second-order valence-electron chi connectivity index (χ2n) is 5.87. The Labute approximate surface area is 171 Å². The Hall–Kier alpha value is -3.18. The van der Waals surface area contributed by atoms with Gasteiger partial charge in [-0.2, -0.15) is 0 Å². The van der Waals surface area contributed by atoms with Crippen LogP contribution in [0.1, 0.15) is 4.88 Å². The molecule has 0 aliphatic heterocycles. The van der Waals surface area contributed by atoms with Gasteiger partial charge in [-0.3, -0.25) is 5.32 Å². The number of rotatable bonds is 6. The zero-order valence-electron chi connectivity index (χ0n) is 14.8. The van der Waals surface area contributed by atoms with Crippen LogP contribution in [0.25, 0.3) is 10.2 Å². The molecule has 148 valence electrons. The predicted octanol–water partition coefficient (Wildman–Crippen LogP) is 4.72. The number of anilines is 3. The average molecular weight is 432 g/mol. The van der Waals surface area contributed by atoms with E-state index in [4.69, 9.17) is 0 Å². The summed E-state index contributed by atoms with van der Waals surface area (Å²) in [6.07, 6.45) is 3.90. The molecule has 3 N–H and O–H groups in total. The molecule has 0 radical (unpaired) electrons. The van der Waals surface area contributed by atoms with Gasteiger partial charge in [0, 0.05) is 35.8 Å². The third-order valence-electron chi connectivity index (χ3n) is 3.86. The van der Waals surface area contributed by atoms with E-state index < -0.39 is 17.7 Å². The fourth-order valence-corrected chi connectivity index (χ4v) is 4.15. The monoisotopic (exact) mass is 432 g/mol. The molecule has 4 aromatic rings. The maximum atomic E-state index is 13.2. The maximum Gasteiger partial charge on any atom is 0.325 e. The van der Waals surface area contributed by atoms with E-state index in [1.165, 1.54) is 23.7 Å². The molecule has 1 aromatic carbocycles. The zero-order valence-corrected chi connectivity index (χ0v) is 16.4. The molecule has 0 spiro atoms. The number of hydrogen-bond donors (Lipinski definition) is 3. The topological polar surface area (TPSA) is 91.8 Å². The van der Waals surface area contributed by atoms with Crippen molar-refractivity contribution in [3.8, 4) is 0 Å². The molecule has 0 saturated carbocycles. The lowest BCUT2D eigenvalue weighted by molar-refractivity contribution is 0.262. The van der Waals surface area contributed by atoms with Crippen LogP contribution in [0.15, 0.2) is 42.2 Å². The lowest BCUT2D eigenvalue weighted by Gasteiger charge is -2.06. The van der Waals surface area contributed by atoms with Crippen molar-refractivity contribution in [3.63, 3.8) is 0 Å². The zero-order chi connectivity index (χ0) is 20.2. The van der Waals surface area contributed by atoms with Crippen molar-refractivity contribution < 1.29 is 13.6 Å². The molecule has 0 bridgehead atoms. The molecular weight excluding hydrogens is 418 g/mol. The van der Waals surface area contributed by atoms with Crippen molar-refractivity contribution >= 4 is 55.6 Å². The predicted molar refractivity (Wildman–Crippen MR) is 111 cm³/mol. The summed E-state index contributed by atoms with van der Waals surface area (Å²) in [5.41, 5.74) is 1.05. The van der Waals surface area contributed by atoms with Gasteiger partial charge in [-0.25, -0.2) is 28.5 Å². The Balaban J connectivity index is 1.29. The minimum Gasteiger partial charge on any atom is -0.368 e. The first-order valence-electron chi connectivity index (χ1n) is 8.48. The van der Waals surface area contributed by atoms with Crippen molar-refractivity contribution in [2.45, 2.75) is 6.42 Å². The number of carbonyl (C=O) groups excluding carboxylic acids is 1. The van der Waals surface area contributed by atoms with Crippen LogP contribution in [0.2, 0.25) is 0 Å². The van der Waals surface area contributed by atoms with Crippen LogP contribution in [0.5, 0.6) is 0 Å². The van der Waals surface area contributed by atoms with E-state index in [0.29, 0.717) is 18.1 Å². The van der Waals surface area contributed by atoms with Crippen molar-refractivity contribution in [1.29, 1.82) is 0 Å². The number of nitrogens with zero attached hydrogens (tertiary/aromatic N) is 3. The molecule has 3 aromatic heterocycles. The van der Waals surface area contributed by atoms with Crippen LogP contribution < -0.4 is 16.0 Å². The number of hydrogen-bond acceptors (Lipinski definition) is 7. The van der Waals surface area contributed by atoms with E-state index in [1.54, 1.807) is 17.5 Å². The Morgan fingerprint density at radius 3 is 2.83 bits per heavy atom. The van der Waals surface area contributed by atoms with Crippen LogP contribution in [0, 0.1) is 11.6 Å². The van der Waals surface area contributed by atoms with Gasteiger partial charge in [0.2, 0.25) is 0 Å². The van der Waals surface area contributed by atoms with E-state index in [0.717, 1.165) is 33.0 Å². The lowest BCUT2D eigenvalue weighted by Crippen LogP contribution is -2.19. The largest absolute Gasteiger partial charge is 0.368 e. The van der Waals surface area contributed by atoms with Crippen molar-refractivity contribution in [3.05, 3.63) is 58.7 Å². The van der Waals surface area contributed by atoms with Gasteiger partial charge < -0.3 is 10.6 Å². The third kappa shape index (κ3) is 4.63. The quantitative estimate of drug-likeness (QED) is 0.410. The first-order valence-corrected chi connectivity index (χ1v) is 10.2. The molecule has 0 atom stereocenters. The summed E-state index contributed by atoms with van der Waals surface area (Å²) < 4.78 is 27.1. The van der Waals surface area contributed by atoms with Gasteiger partial charge in [0.25, 0.3) is 0 Å². The highest BCUT2D eigenvalue weighted by molar-refractivity contribution is 7.17. The summed E-state index contributed by atoms with van der Waals surface area (Å²) >= 11 is 2.91. The second-order valence-corrected chi connectivity index (χ2v) is 7.91. The fraction of sp³-hybridized carbons (Fsp3) is 0.111. The number of nitrogens with one attached hydrogen (secondary N) is 3. The highest BCUT2D eigenvalue weighted by Crippen LogP contribution is 2.25. The molecule has 0 saturated heterocycles. The Kier molecular flexibility index (Phi) is 5.58. The van der Waals surface area contributed by atoms with E-state index in [2.05, 4.69) is 30.9 Å². The van der Waals surface area contributed by atoms with Gasteiger partial charge in [0.1, 0.15) is 12.1 Å². The normalized spacial score (nSPS) is 10.8. The van der Waals surface area contributed by atoms with Gasteiger partial charge in [0.05, 0.1) is 10.2 Å². The molecule has 2 amide bonds. The number of thiophene rings is 1. The van der Waals surface area contributed by atoms with Crippen molar-refractivity contribution in [2.75, 3.05) is 22.5 Å². The number of fused-ring (bicyclic) bond motifs is 1. The van der Waals surface area contributed by atoms with E-state index in [9.17, 15) is 13.6 Å². The van der Waals surface area contributed by atoms with Crippen molar-refractivity contribution in [2.24, 2.45) is 0 Å². The summed E-state index contributed by atoms with van der Waals surface area (Å²) in [6, 6.07) is 4.48. The Morgan fingerprint density at radius 2 is 1.97 bits per heavy atom. The lowest BCUT2D eigenvalue weighted by atomic mass is 10.3. The van der Waals surface area contributed by atoms with E-state index in [1.807, 2.05) is 11.4 Å². The Bertz CT molecular complexity index is 1160. The number of halogens is 2. The van der Waals surface area contributed by atoms with Gasteiger partial charge in [0.15, 0.2) is 16.8 Å². The first kappa shape index (κ1) is 19.2. The molecule has 3 heterocycles. The highest BCUT2D eigenvalue weighted by atomic mass is 32.1. The molecule has 29 heavy (non-hydrogen) atoms. The molecule has 0 aliphatic rings. The maximum absolute atomic E-state index is 13.2. The van der Waals surface area contributed by atoms with Gasteiger partial charge in [-0.15, -0.1) is 22.7 Å². The molecule has 0 fully saturated rings. The van der Waals surface area contributed by atoms with Crippen LogP contribution in [-0.2, 0) is 6.42 Å². The fourth-order valence-electron chi connectivity index (χ4n) is 2.53. The molecular formula is C18H14F2N6OS2. The van der Waals surface area contributed by atoms with Gasteiger partial charge in [-0.1, -0.05) is 0 Å². The highest BCUT2D eigenvalue weighted by Gasteiger charge is 2.10. The molecule has 11 heteroatoms. The average Bonchev–Trinajstić information content (AvgIpc) is 3.34. The second kappa shape index (κ2) is 8.45. The summed E-state index contributed by atoms with van der Waals surface area (Å²) in [5, 5.41) is 10.7. The van der Waals surface area contributed by atoms with Gasteiger partial charge in [-0.05, 0) is 23.6 Å². The van der Waals surface area contributed by atoms with Gasteiger partial charge >= 0.3 is 6.03 Å². The number of thiazole rings is 1. The van der Waals surface area contributed by atoms with Crippen LogP contribution in [-0.4, -0.2) is 27.5 Å². The minimum atomic E-state index is -1.03. The standard InChI is InChI=1S/C18H14F2N6OS2/c19-12-2-1-10(7-13(12)20)25-17(27)26-18-22-8-11(29-18)3-5-21-16-15-14(4-6-28-15)23-9-24-16/h1-2,4,6-9H,3,5H2,(H,21,23,24)(H2,22,25,26,27). The molecule has 0 aliphatic carbocycles. The smallest absolute Gasteiger partial charge is 0.325 e. The van der Waals surface area contributed by atoms with Crippen molar-refractivity contribution in [1.82, 2.24) is 15.0 Å². The third-order valence-corrected chi connectivity index (χ3v) is 5.74. The number of benzene rings is 1. The van der Waals surface area contributed by atoms with Crippen LogP contribution in [0.3, 0.4) is 0 Å². The number of carbonyl (C=O) groups is 1. The minimum absolute atomic E-state index is 0.145. The molecule has 4 rings (SSSR count). The molecule has 7 nitrogen and oxygen atoms in total. The van der Waals surface area contributed by atoms with E-state index >= 15 is 0 Å². The first-order chi connectivity index (χ1) is 14.1. The summed E-state index contributed by atoms with van der Waals surface area (Å²) in [4.78, 5) is 25.6. The molecule has 0 unspecified atom stereocenters. The summed E-state index contributed by atoms with van der Waals surface area (Å²) in [7, 11) is 0. The van der Waals surface area contributed by atoms with Crippen LogP contribution in [0.4, 0.5) is 30.2 Å².